The molecule has 3 rings (SSSR count). The van der Waals surface area contributed by atoms with Gasteiger partial charge in [-0.05, 0) is 64.2 Å². The monoisotopic (exact) mass is 394 g/mol. The number of ether oxygens (including phenoxy) is 1. The number of fused-ring (bicyclic) bond motifs is 1. The van der Waals surface area contributed by atoms with Gasteiger partial charge in [0.25, 0.3) is 0 Å². The predicted octanol–water partition coefficient (Wildman–Crippen LogP) is 6.34. The van der Waals surface area contributed by atoms with E-state index in [1.54, 1.807) is 0 Å². The molecule has 1 saturated heterocycles. The summed E-state index contributed by atoms with van der Waals surface area (Å²) in [5, 5.41) is 1.07. The highest BCUT2D eigenvalue weighted by atomic mass is 16.5. The first-order valence-electron chi connectivity index (χ1n) is 10.6. The molecular weight excluding hydrogens is 360 g/mol. The van der Waals surface area contributed by atoms with Crippen molar-refractivity contribution in [2.75, 3.05) is 36.9 Å². The molecule has 4 heteroatoms. The Morgan fingerprint density at radius 3 is 2.52 bits per heavy atom. The van der Waals surface area contributed by atoms with E-state index in [-0.39, 0.29) is 0 Å². The molecule has 1 aromatic carbocycles. The van der Waals surface area contributed by atoms with Crippen LogP contribution < -0.4 is 10.6 Å². The highest BCUT2D eigenvalue weighted by Crippen LogP contribution is 2.34. The summed E-state index contributed by atoms with van der Waals surface area (Å²) in [6, 6.07) is 6.15. The van der Waals surface area contributed by atoms with Gasteiger partial charge in [0, 0.05) is 24.5 Å². The lowest BCUT2D eigenvalue weighted by atomic mass is 10.1. The molecule has 1 aliphatic heterocycles. The molecule has 0 aliphatic carbocycles. The van der Waals surface area contributed by atoms with E-state index < -0.39 is 0 Å². The molecule has 1 aliphatic rings. The number of furan rings is 1. The standard InChI is InChI=1S/C25H34N2O2/c1-18(2)7-5-8-19(3)9-6-10-20(4)24-16-21-15-23(22(26)17-25(21)29-24)27-11-13-28-14-12-27/h7,9,15-17H,4-6,8,10-14,26H2,1-3H3/b19-9+. The van der Waals surface area contributed by atoms with Crippen molar-refractivity contribution in [3.05, 3.63) is 53.8 Å². The fourth-order valence-electron chi connectivity index (χ4n) is 3.65. The van der Waals surface area contributed by atoms with Crippen LogP contribution in [0.3, 0.4) is 0 Å². The lowest BCUT2D eigenvalue weighted by Gasteiger charge is -2.29. The van der Waals surface area contributed by atoms with Crippen molar-refractivity contribution in [1.82, 2.24) is 0 Å². The van der Waals surface area contributed by atoms with Gasteiger partial charge >= 0.3 is 0 Å². The van der Waals surface area contributed by atoms with E-state index in [1.165, 1.54) is 11.1 Å². The molecule has 2 aromatic rings. The molecule has 29 heavy (non-hydrogen) atoms. The number of rotatable bonds is 8. The van der Waals surface area contributed by atoms with Gasteiger partial charge in [-0.2, -0.15) is 0 Å². The van der Waals surface area contributed by atoms with Gasteiger partial charge in [-0.3, -0.25) is 0 Å². The topological polar surface area (TPSA) is 51.6 Å². The first-order chi connectivity index (χ1) is 13.9. The molecule has 2 heterocycles. The second-order valence-corrected chi connectivity index (χ2v) is 8.17. The van der Waals surface area contributed by atoms with Crippen LogP contribution in [0.4, 0.5) is 11.4 Å². The molecule has 0 saturated carbocycles. The molecule has 0 atom stereocenters. The number of hydrogen-bond donors (Lipinski definition) is 1. The first-order valence-corrected chi connectivity index (χ1v) is 10.6. The van der Waals surface area contributed by atoms with Crippen LogP contribution in [0.1, 0.15) is 52.2 Å². The van der Waals surface area contributed by atoms with Crippen molar-refractivity contribution in [2.45, 2.75) is 46.5 Å². The zero-order chi connectivity index (χ0) is 20.8. The van der Waals surface area contributed by atoms with Crippen LogP contribution in [-0.2, 0) is 4.74 Å². The van der Waals surface area contributed by atoms with E-state index in [9.17, 15) is 0 Å². The summed E-state index contributed by atoms with van der Waals surface area (Å²) in [7, 11) is 0. The Kier molecular flexibility index (Phi) is 7.21. The number of benzene rings is 1. The van der Waals surface area contributed by atoms with Crippen LogP contribution in [0.15, 0.2) is 52.5 Å². The van der Waals surface area contributed by atoms with Crippen molar-refractivity contribution in [1.29, 1.82) is 0 Å². The Labute approximate surface area is 174 Å². The summed E-state index contributed by atoms with van der Waals surface area (Å²) in [5.41, 5.74) is 12.8. The lowest BCUT2D eigenvalue weighted by Crippen LogP contribution is -2.36. The molecule has 0 radical (unpaired) electrons. The van der Waals surface area contributed by atoms with Gasteiger partial charge in [-0.1, -0.05) is 29.9 Å². The van der Waals surface area contributed by atoms with E-state index in [4.69, 9.17) is 14.9 Å². The van der Waals surface area contributed by atoms with Gasteiger partial charge in [0.15, 0.2) is 0 Å². The third-order valence-corrected chi connectivity index (χ3v) is 5.40. The summed E-state index contributed by atoms with van der Waals surface area (Å²) in [4.78, 5) is 2.28. The summed E-state index contributed by atoms with van der Waals surface area (Å²) in [6.45, 7) is 14.0. The van der Waals surface area contributed by atoms with E-state index in [2.05, 4.69) is 56.5 Å². The number of allylic oxidation sites excluding steroid dienone is 5. The predicted molar refractivity (Wildman–Crippen MR) is 124 cm³/mol. The third-order valence-electron chi connectivity index (χ3n) is 5.40. The number of nitrogens with two attached hydrogens (primary N) is 1. The highest BCUT2D eigenvalue weighted by Gasteiger charge is 2.16. The van der Waals surface area contributed by atoms with E-state index in [1.807, 2.05) is 6.07 Å². The molecule has 2 N–H and O–H groups in total. The molecule has 1 fully saturated rings. The van der Waals surface area contributed by atoms with Gasteiger partial charge in [0.05, 0.1) is 24.6 Å². The van der Waals surface area contributed by atoms with Crippen molar-refractivity contribution >= 4 is 27.9 Å². The Morgan fingerprint density at radius 2 is 1.79 bits per heavy atom. The van der Waals surface area contributed by atoms with Crippen molar-refractivity contribution in [2.24, 2.45) is 0 Å². The third kappa shape index (κ3) is 5.77. The maximum absolute atomic E-state index is 6.30. The molecular formula is C25H34N2O2. The van der Waals surface area contributed by atoms with Gasteiger partial charge in [-0.25, -0.2) is 0 Å². The average molecular weight is 395 g/mol. The molecule has 0 bridgehead atoms. The Morgan fingerprint density at radius 1 is 1.07 bits per heavy atom. The molecule has 156 valence electrons. The fraction of sp³-hybridized carbons (Fsp3) is 0.440. The number of morpholine rings is 1. The number of hydrogen-bond acceptors (Lipinski definition) is 4. The largest absolute Gasteiger partial charge is 0.456 e. The van der Waals surface area contributed by atoms with Crippen LogP contribution in [0.5, 0.6) is 0 Å². The summed E-state index contributed by atoms with van der Waals surface area (Å²) in [5.74, 6) is 0.856. The molecule has 0 spiro atoms. The van der Waals surface area contributed by atoms with Gasteiger partial charge in [0.2, 0.25) is 0 Å². The highest BCUT2D eigenvalue weighted by molar-refractivity contribution is 5.90. The van der Waals surface area contributed by atoms with Crippen molar-refractivity contribution < 1.29 is 9.15 Å². The summed E-state index contributed by atoms with van der Waals surface area (Å²) < 4.78 is 11.5. The Balaban J connectivity index is 1.63. The Bertz CT molecular complexity index is 910. The zero-order valence-corrected chi connectivity index (χ0v) is 18.1. The average Bonchev–Trinajstić information content (AvgIpc) is 3.10. The lowest BCUT2D eigenvalue weighted by molar-refractivity contribution is 0.123. The fourth-order valence-corrected chi connectivity index (χ4v) is 3.65. The van der Waals surface area contributed by atoms with E-state index >= 15 is 0 Å². The minimum Gasteiger partial charge on any atom is -0.456 e. The Hall–Kier alpha value is -2.46. The van der Waals surface area contributed by atoms with Crippen molar-refractivity contribution in [3.63, 3.8) is 0 Å². The van der Waals surface area contributed by atoms with Crippen LogP contribution in [-0.4, -0.2) is 26.3 Å². The van der Waals surface area contributed by atoms with Gasteiger partial charge in [0.1, 0.15) is 11.3 Å². The maximum atomic E-state index is 6.30. The molecule has 1 aromatic heterocycles. The second kappa shape index (κ2) is 9.84. The smallest absolute Gasteiger partial charge is 0.137 e. The minimum absolute atomic E-state index is 0.742. The first kappa shape index (κ1) is 21.3. The second-order valence-electron chi connectivity index (χ2n) is 8.17. The number of nitrogens with zero attached hydrogens (tertiary/aromatic N) is 1. The molecule has 0 amide bonds. The van der Waals surface area contributed by atoms with Crippen LogP contribution in [0, 0.1) is 0 Å². The van der Waals surface area contributed by atoms with Crippen LogP contribution >= 0.6 is 0 Å². The van der Waals surface area contributed by atoms with Crippen molar-refractivity contribution in [3.8, 4) is 0 Å². The van der Waals surface area contributed by atoms with Gasteiger partial charge in [-0.15, -0.1) is 0 Å². The minimum atomic E-state index is 0.742. The summed E-state index contributed by atoms with van der Waals surface area (Å²) in [6.07, 6.45) is 8.72. The van der Waals surface area contributed by atoms with E-state index in [0.29, 0.717) is 0 Å². The quantitative estimate of drug-likeness (QED) is 0.419. The summed E-state index contributed by atoms with van der Waals surface area (Å²) >= 11 is 0. The SMILES string of the molecule is C=C(CC/C=C(\C)CCC=C(C)C)c1cc2cc(N3CCOCC3)c(N)cc2o1. The normalized spacial score (nSPS) is 15.0. The maximum Gasteiger partial charge on any atom is 0.137 e. The number of nitrogen functional groups attached to an aromatic ring is 1. The van der Waals surface area contributed by atoms with Crippen LogP contribution in [0.2, 0.25) is 0 Å². The molecule has 4 nitrogen and oxygen atoms in total. The van der Waals surface area contributed by atoms with Crippen LogP contribution in [0.25, 0.3) is 16.5 Å². The number of anilines is 2. The zero-order valence-electron chi connectivity index (χ0n) is 18.1. The molecule has 0 unspecified atom stereocenters. The van der Waals surface area contributed by atoms with E-state index in [0.717, 1.165) is 85.7 Å². The van der Waals surface area contributed by atoms with Gasteiger partial charge < -0.3 is 19.8 Å².